The number of carbonyl (C=O) groups excluding carboxylic acids is 2. The number of methoxy groups -OCH3 is 2. The molecule has 0 fully saturated rings. The smallest absolute Gasteiger partial charge is 0.211 e. The molecule has 0 saturated carbocycles. The fraction of sp³-hybridized carbons (Fsp3) is 0.500. The highest BCUT2D eigenvalue weighted by atomic mass is 16.5. The summed E-state index contributed by atoms with van der Waals surface area (Å²) in [7, 11) is 2.97. The van der Waals surface area contributed by atoms with E-state index in [2.05, 4.69) is 11.9 Å². The van der Waals surface area contributed by atoms with Crippen molar-refractivity contribution in [1.29, 1.82) is 0 Å². The summed E-state index contributed by atoms with van der Waals surface area (Å²) in [5.41, 5.74) is 0.905. The van der Waals surface area contributed by atoms with Gasteiger partial charge in [-0.3, -0.25) is 14.6 Å². The number of ether oxygens (including phenoxy) is 2. The van der Waals surface area contributed by atoms with Crippen LogP contribution < -0.4 is 9.47 Å². The maximum Gasteiger partial charge on any atom is 0.211 e. The van der Waals surface area contributed by atoms with Crippen LogP contribution in [0.4, 0.5) is 0 Å². The van der Waals surface area contributed by atoms with Crippen LogP contribution in [0.15, 0.2) is 17.1 Å². The van der Waals surface area contributed by atoms with Crippen LogP contribution in [0.1, 0.15) is 59.7 Å². The molecule has 1 aliphatic rings. The Hall–Kier alpha value is -2.17. The number of carbonyl (C=O) groups is 2. The number of ketones is 2. The van der Waals surface area contributed by atoms with Gasteiger partial charge in [-0.1, -0.05) is 26.2 Å². The average Bonchev–Trinajstić information content (AvgIpc) is 2.57. The van der Waals surface area contributed by atoms with E-state index in [-0.39, 0.29) is 23.6 Å². The van der Waals surface area contributed by atoms with Gasteiger partial charge < -0.3 is 9.47 Å². The number of nitrogens with zero attached hydrogens (tertiary/aromatic N) is 1. The quantitative estimate of drug-likeness (QED) is 0.722. The molecule has 5 nitrogen and oxygen atoms in total. The number of Topliss-reactive ketones (excluding diaryl/α,β-unsaturated/α-hetero) is 2. The van der Waals surface area contributed by atoms with Gasteiger partial charge in [-0.15, -0.1) is 0 Å². The van der Waals surface area contributed by atoms with Crippen LogP contribution in [0.3, 0.4) is 0 Å². The van der Waals surface area contributed by atoms with Crippen LogP contribution in [-0.4, -0.2) is 38.0 Å². The van der Waals surface area contributed by atoms with Gasteiger partial charge in [0.25, 0.3) is 0 Å². The first-order valence-corrected chi connectivity index (χ1v) is 8.00. The summed E-state index contributed by atoms with van der Waals surface area (Å²) < 4.78 is 10.5. The summed E-state index contributed by atoms with van der Waals surface area (Å²) in [6.45, 7) is 2.72. The topological polar surface area (TPSA) is 65.0 Å². The third-order valence-corrected chi connectivity index (χ3v) is 3.98. The normalized spacial score (nSPS) is 15.7. The maximum absolute atomic E-state index is 12.7. The van der Waals surface area contributed by atoms with E-state index in [0.29, 0.717) is 29.3 Å². The SMILES string of the molecule is CCCCCCN=C1CC(=O)c2c(OC)ccc(OC)c2C1=O. The molecule has 0 N–H and O–H groups in total. The maximum atomic E-state index is 12.7. The number of hydrogen-bond acceptors (Lipinski definition) is 5. The van der Waals surface area contributed by atoms with Gasteiger partial charge in [0.05, 0.1) is 37.5 Å². The van der Waals surface area contributed by atoms with Crippen molar-refractivity contribution in [3.63, 3.8) is 0 Å². The van der Waals surface area contributed by atoms with Gasteiger partial charge in [-0.25, -0.2) is 0 Å². The standard InChI is InChI=1S/C18H23NO4/c1-4-5-6-7-10-19-12-11-13(20)16-14(22-2)8-9-15(23-3)17(16)18(12)21/h8-9H,4-7,10-11H2,1-3H3. The van der Waals surface area contributed by atoms with E-state index in [4.69, 9.17) is 9.47 Å². The highest BCUT2D eigenvalue weighted by Gasteiger charge is 2.34. The number of benzene rings is 1. The molecule has 124 valence electrons. The Morgan fingerprint density at radius 3 is 2.26 bits per heavy atom. The van der Waals surface area contributed by atoms with E-state index in [9.17, 15) is 9.59 Å². The summed E-state index contributed by atoms with van der Waals surface area (Å²) in [5, 5.41) is 0. The van der Waals surface area contributed by atoms with Crippen LogP contribution >= 0.6 is 0 Å². The molecule has 2 rings (SSSR count). The highest BCUT2D eigenvalue weighted by molar-refractivity contribution is 6.53. The lowest BCUT2D eigenvalue weighted by Gasteiger charge is -2.20. The second kappa shape index (κ2) is 7.90. The van der Waals surface area contributed by atoms with Crippen LogP contribution in [0, 0.1) is 0 Å². The molecule has 0 unspecified atom stereocenters. The fourth-order valence-corrected chi connectivity index (χ4v) is 2.75. The Kier molecular flexibility index (Phi) is 5.90. The van der Waals surface area contributed by atoms with Gasteiger partial charge in [0.15, 0.2) is 5.78 Å². The van der Waals surface area contributed by atoms with Crippen molar-refractivity contribution in [2.75, 3.05) is 20.8 Å². The van der Waals surface area contributed by atoms with Gasteiger partial charge in [0.2, 0.25) is 5.78 Å². The van der Waals surface area contributed by atoms with Crippen molar-refractivity contribution < 1.29 is 19.1 Å². The lowest BCUT2D eigenvalue weighted by atomic mass is 9.86. The largest absolute Gasteiger partial charge is 0.496 e. The summed E-state index contributed by atoms with van der Waals surface area (Å²) in [4.78, 5) is 29.5. The van der Waals surface area contributed by atoms with E-state index in [1.54, 1.807) is 12.1 Å². The summed E-state index contributed by atoms with van der Waals surface area (Å²) >= 11 is 0. The predicted molar refractivity (Wildman–Crippen MR) is 89.3 cm³/mol. The molecule has 5 heteroatoms. The molecule has 0 aliphatic heterocycles. The Balaban J connectivity index is 2.31. The van der Waals surface area contributed by atoms with E-state index in [1.807, 2.05) is 0 Å². The zero-order chi connectivity index (χ0) is 16.8. The van der Waals surface area contributed by atoms with Gasteiger partial charge in [0.1, 0.15) is 11.5 Å². The Morgan fingerprint density at radius 2 is 1.65 bits per heavy atom. The minimum atomic E-state index is -0.231. The Bertz CT molecular complexity index is 634. The number of aliphatic imine (C=N–C) groups is 1. The van der Waals surface area contributed by atoms with Crippen molar-refractivity contribution in [3.05, 3.63) is 23.3 Å². The number of unbranched alkanes of at least 4 members (excludes halogenated alkanes) is 3. The molecule has 0 heterocycles. The molecule has 0 bridgehead atoms. The number of rotatable bonds is 7. The third kappa shape index (κ3) is 3.60. The zero-order valence-electron chi connectivity index (χ0n) is 14.0. The van der Waals surface area contributed by atoms with Crippen LogP contribution in [-0.2, 0) is 0 Å². The third-order valence-electron chi connectivity index (χ3n) is 3.98. The lowest BCUT2D eigenvalue weighted by Crippen LogP contribution is -2.28. The second-order valence-electron chi connectivity index (χ2n) is 5.54. The monoisotopic (exact) mass is 317 g/mol. The molecule has 1 aromatic rings. The minimum absolute atomic E-state index is 0.0309. The predicted octanol–water partition coefficient (Wildman–Crippen LogP) is 3.49. The average molecular weight is 317 g/mol. The van der Waals surface area contributed by atoms with Crippen LogP contribution in [0.5, 0.6) is 11.5 Å². The molecule has 0 radical (unpaired) electrons. The lowest BCUT2D eigenvalue weighted by molar-refractivity contribution is 0.0959. The van der Waals surface area contributed by atoms with E-state index < -0.39 is 0 Å². The molecule has 0 saturated heterocycles. The molecule has 1 aliphatic carbocycles. The van der Waals surface area contributed by atoms with E-state index >= 15 is 0 Å². The number of fused-ring (bicyclic) bond motifs is 1. The Morgan fingerprint density at radius 1 is 1.00 bits per heavy atom. The molecule has 1 aromatic carbocycles. The van der Waals surface area contributed by atoms with Gasteiger partial charge in [-0.05, 0) is 18.6 Å². The molecular weight excluding hydrogens is 294 g/mol. The molecule has 0 atom stereocenters. The first kappa shape index (κ1) is 17.2. The summed E-state index contributed by atoms with van der Waals surface area (Å²) in [5.74, 6) is 0.409. The summed E-state index contributed by atoms with van der Waals surface area (Å²) in [6.07, 6.45) is 4.36. The Labute approximate surface area is 136 Å². The molecular formula is C18H23NO4. The van der Waals surface area contributed by atoms with E-state index in [1.165, 1.54) is 14.2 Å². The van der Waals surface area contributed by atoms with Gasteiger partial charge >= 0.3 is 0 Å². The van der Waals surface area contributed by atoms with Crippen LogP contribution in [0.25, 0.3) is 0 Å². The summed E-state index contributed by atoms with van der Waals surface area (Å²) in [6, 6.07) is 3.29. The fourth-order valence-electron chi connectivity index (χ4n) is 2.75. The first-order chi connectivity index (χ1) is 11.1. The van der Waals surface area contributed by atoms with Crippen LogP contribution in [0.2, 0.25) is 0 Å². The molecule has 0 aromatic heterocycles. The van der Waals surface area contributed by atoms with Crippen molar-refractivity contribution in [3.8, 4) is 11.5 Å². The highest BCUT2D eigenvalue weighted by Crippen LogP contribution is 2.35. The number of hydrogen-bond donors (Lipinski definition) is 0. The van der Waals surface area contributed by atoms with E-state index in [0.717, 1.165) is 25.7 Å². The van der Waals surface area contributed by atoms with Crippen molar-refractivity contribution >= 4 is 17.3 Å². The van der Waals surface area contributed by atoms with Gasteiger partial charge in [-0.2, -0.15) is 0 Å². The molecule has 23 heavy (non-hydrogen) atoms. The molecule has 0 amide bonds. The van der Waals surface area contributed by atoms with Crippen molar-refractivity contribution in [2.24, 2.45) is 4.99 Å². The minimum Gasteiger partial charge on any atom is -0.496 e. The molecule has 0 spiro atoms. The van der Waals surface area contributed by atoms with Gasteiger partial charge in [0, 0.05) is 6.54 Å². The van der Waals surface area contributed by atoms with Crippen molar-refractivity contribution in [2.45, 2.75) is 39.0 Å². The first-order valence-electron chi connectivity index (χ1n) is 8.00. The van der Waals surface area contributed by atoms with Crippen molar-refractivity contribution in [1.82, 2.24) is 0 Å². The zero-order valence-corrected chi connectivity index (χ0v) is 14.0. The second-order valence-corrected chi connectivity index (χ2v) is 5.54.